The van der Waals surface area contributed by atoms with Gasteiger partial charge >= 0.3 is 0 Å². The van der Waals surface area contributed by atoms with Gasteiger partial charge in [0.1, 0.15) is 0 Å². The van der Waals surface area contributed by atoms with Gasteiger partial charge in [0.15, 0.2) is 5.11 Å². The lowest BCUT2D eigenvalue weighted by atomic mass is 10.2. The molecule has 12 heavy (non-hydrogen) atoms. The van der Waals surface area contributed by atoms with Crippen molar-refractivity contribution in [3.8, 4) is 0 Å². The van der Waals surface area contributed by atoms with E-state index in [-0.39, 0.29) is 5.91 Å². The van der Waals surface area contributed by atoms with Crippen molar-refractivity contribution in [3.63, 3.8) is 0 Å². The highest BCUT2D eigenvalue weighted by atomic mass is 32.1. The zero-order chi connectivity index (χ0) is 9.40. The van der Waals surface area contributed by atoms with Crippen LogP contribution in [0.25, 0.3) is 0 Å². The molecule has 4 N–H and O–H groups in total. The number of thiocarbonyl (C=S) groups is 1. The van der Waals surface area contributed by atoms with Crippen LogP contribution in [0.2, 0.25) is 0 Å². The average molecular weight is 189 g/mol. The molecule has 0 aromatic rings. The summed E-state index contributed by atoms with van der Waals surface area (Å²) in [5.74, 6) is -0.244. The van der Waals surface area contributed by atoms with Crippen molar-refractivity contribution in [2.45, 2.75) is 19.3 Å². The van der Waals surface area contributed by atoms with Gasteiger partial charge in [0.05, 0.1) is 0 Å². The van der Waals surface area contributed by atoms with Crippen LogP contribution in [0, 0.1) is 0 Å². The summed E-state index contributed by atoms with van der Waals surface area (Å²) in [6.45, 7) is 0.785. The smallest absolute Gasteiger partial charge is 0.217 e. The maximum Gasteiger partial charge on any atom is 0.217 e. The predicted molar refractivity (Wildman–Crippen MR) is 52.7 cm³/mol. The van der Waals surface area contributed by atoms with E-state index >= 15 is 0 Å². The Morgan fingerprint density at radius 2 is 2.17 bits per heavy atom. The Balaban J connectivity index is 3.11. The molecule has 5 heteroatoms. The highest BCUT2D eigenvalue weighted by Gasteiger charge is 1.94. The molecule has 0 fully saturated rings. The van der Waals surface area contributed by atoms with E-state index in [1.165, 1.54) is 0 Å². The van der Waals surface area contributed by atoms with Gasteiger partial charge in [0, 0.05) is 20.0 Å². The molecule has 0 radical (unpaired) electrons. The van der Waals surface area contributed by atoms with Gasteiger partial charge in [0.2, 0.25) is 5.91 Å². The summed E-state index contributed by atoms with van der Waals surface area (Å²) in [4.78, 5) is 10.3. The Morgan fingerprint density at radius 1 is 1.50 bits per heavy atom. The molecule has 4 nitrogen and oxygen atoms in total. The fourth-order valence-corrected chi connectivity index (χ4v) is 0.817. The van der Waals surface area contributed by atoms with Gasteiger partial charge in [-0.2, -0.15) is 0 Å². The van der Waals surface area contributed by atoms with Crippen molar-refractivity contribution in [1.29, 1.82) is 0 Å². The second-order valence-electron chi connectivity index (χ2n) is 2.43. The van der Waals surface area contributed by atoms with E-state index in [0.717, 1.165) is 19.4 Å². The summed E-state index contributed by atoms with van der Waals surface area (Å²) in [5.41, 5.74) is 4.96. The van der Waals surface area contributed by atoms with Crippen LogP contribution in [-0.2, 0) is 4.79 Å². The fourth-order valence-electron chi connectivity index (χ4n) is 0.715. The standard InChI is InChI=1S/C7H15N3OS/c1-9-7(12)10-5-3-2-4-6(8)11/h2-5H2,1H3,(H2,8,11)(H2,9,10,12). The van der Waals surface area contributed by atoms with Crippen LogP contribution in [0.5, 0.6) is 0 Å². The topological polar surface area (TPSA) is 67.2 Å². The Kier molecular flexibility index (Phi) is 6.37. The zero-order valence-electron chi connectivity index (χ0n) is 7.22. The highest BCUT2D eigenvalue weighted by molar-refractivity contribution is 7.80. The van der Waals surface area contributed by atoms with Crippen LogP contribution in [0.1, 0.15) is 19.3 Å². The molecule has 0 spiro atoms. The summed E-state index contributed by atoms with van der Waals surface area (Å²) in [6.07, 6.45) is 2.17. The number of carbonyl (C=O) groups is 1. The maximum absolute atomic E-state index is 10.3. The van der Waals surface area contributed by atoms with Gasteiger partial charge in [-0.25, -0.2) is 0 Å². The molecular weight excluding hydrogens is 174 g/mol. The van der Waals surface area contributed by atoms with Crippen molar-refractivity contribution < 1.29 is 4.79 Å². The third-order valence-corrected chi connectivity index (χ3v) is 1.71. The minimum absolute atomic E-state index is 0.244. The minimum Gasteiger partial charge on any atom is -0.370 e. The predicted octanol–water partition coefficient (Wildman–Crippen LogP) is -0.264. The quantitative estimate of drug-likeness (QED) is 0.411. The molecule has 0 rings (SSSR count). The van der Waals surface area contributed by atoms with Crippen LogP contribution in [0.15, 0.2) is 0 Å². The molecule has 0 unspecified atom stereocenters. The summed E-state index contributed by atoms with van der Waals surface area (Å²) in [5, 5.41) is 6.40. The molecule has 0 bridgehead atoms. The van der Waals surface area contributed by atoms with E-state index in [4.69, 9.17) is 18.0 Å². The van der Waals surface area contributed by atoms with Crippen LogP contribution >= 0.6 is 12.2 Å². The molecule has 0 aliphatic rings. The molecule has 0 aliphatic carbocycles. The number of hydrogen-bond acceptors (Lipinski definition) is 2. The maximum atomic E-state index is 10.3. The summed E-state index contributed by atoms with van der Waals surface area (Å²) < 4.78 is 0. The van der Waals surface area contributed by atoms with Crippen molar-refractivity contribution in [3.05, 3.63) is 0 Å². The number of nitrogens with two attached hydrogens (primary N) is 1. The summed E-state index contributed by atoms with van der Waals surface area (Å²) in [7, 11) is 1.76. The molecule has 0 aliphatic heterocycles. The zero-order valence-corrected chi connectivity index (χ0v) is 8.04. The van der Waals surface area contributed by atoms with Crippen molar-refractivity contribution in [2.75, 3.05) is 13.6 Å². The number of carbonyl (C=O) groups excluding carboxylic acids is 1. The molecular formula is C7H15N3OS. The molecule has 1 amide bonds. The fraction of sp³-hybridized carbons (Fsp3) is 0.714. The van der Waals surface area contributed by atoms with E-state index in [0.29, 0.717) is 11.5 Å². The summed E-state index contributed by atoms with van der Waals surface area (Å²) >= 11 is 4.84. The van der Waals surface area contributed by atoms with E-state index in [1.807, 2.05) is 0 Å². The molecule has 0 atom stereocenters. The Labute approximate surface area is 77.9 Å². The molecule has 0 aromatic carbocycles. The van der Waals surface area contributed by atoms with Crippen LogP contribution in [0.4, 0.5) is 0 Å². The number of rotatable bonds is 5. The first-order valence-corrected chi connectivity index (χ1v) is 4.31. The Morgan fingerprint density at radius 3 is 2.67 bits per heavy atom. The molecule has 0 saturated carbocycles. The van der Waals surface area contributed by atoms with Crippen molar-refractivity contribution in [2.24, 2.45) is 5.73 Å². The monoisotopic (exact) mass is 189 g/mol. The van der Waals surface area contributed by atoms with Crippen LogP contribution < -0.4 is 16.4 Å². The third-order valence-electron chi connectivity index (χ3n) is 1.36. The van der Waals surface area contributed by atoms with E-state index in [9.17, 15) is 4.79 Å². The van der Waals surface area contributed by atoms with Gasteiger partial charge < -0.3 is 16.4 Å². The number of nitrogens with one attached hydrogen (secondary N) is 2. The number of unbranched alkanes of at least 4 members (excludes halogenated alkanes) is 1. The van der Waals surface area contributed by atoms with Crippen molar-refractivity contribution in [1.82, 2.24) is 10.6 Å². The van der Waals surface area contributed by atoms with Crippen LogP contribution in [0.3, 0.4) is 0 Å². The normalized spacial score (nSPS) is 9.08. The van der Waals surface area contributed by atoms with Crippen LogP contribution in [-0.4, -0.2) is 24.6 Å². The molecule has 0 aromatic heterocycles. The second kappa shape index (κ2) is 6.84. The first kappa shape index (κ1) is 11.2. The van der Waals surface area contributed by atoms with E-state index in [2.05, 4.69) is 10.6 Å². The van der Waals surface area contributed by atoms with Gasteiger partial charge in [-0.05, 0) is 25.1 Å². The Hall–Kier alpha value is -0.840. The van der Waals surface area contributed by atoms with Gasteiger partial charge in [0.25, 0.3) is 0 Å². The van der Waals surface area contributed by atoms with E-state index < -0.39 is 0 Å². The first-order chi connectivity index (χ1) is 5.66. The number of primary amides is 1. The lowest BCUT2D eigenvalue weighted by molar-refractivity contribution is -0.118. The SMILES string of the molecule is CNC(=S)NCCCCC(N)=O. The molecule has 70 valence electrons. The second-order valence-corrected chi connectivity index (χ2v) is 2.84. The van der Waals surface area contributed by atoms with E-state index in [1.54, 1.807) is 7.05 Å². The largest absolute Gasteiger partial charge is 0.370 e. The lowest BCUT2D eigenvalue weighted by Crippen LogP contribution is -2.33. The first-order valence-electron chi connectivity index (χ1n) is 3.90. The molecule has 0 saturated heterocycles. The third kappa shape index (κ3) is 7.27. The minimum atomic E-state index is -0.244. The van der Waals surface area contributed by atoms with Gasteiger partial charge in [-0.15, -0.1) is 0 Å². The highest BCUT2D eigenvalue weighted by Crippen LogP contribution is 1.91. The lowest BCUT2D eigenvalue weighted by Gasteiger charge is -2.05. The Bertz CT molecular complexity index is 161. The molecule has 0 heterocycles. The number of hydrogen-bond donors (Lipinski definition) is 3. The van der Waals surface area contributed by atoms with Crippen molar-refractivity contribution >= 4 is 23.2 Å². The van der Waals surface area contributed by atoms with Gasteiger partial charge in [-0.1, -0.05) is 0 Å². The summed E-state index contributed by atoms with van der Waals surface area (Å²) in [6, 6.07) is 0. The number of amides is 1. The van der Waals surface area contributed by atoms with Gasteiger partial charge in [-0.3, -0.25) is 4.79 Å². The average Bonchev–Trinajstić information content (AvgIpc) is 2.03.